The molecule has 3 heteroatoms. The number of rotatable bonds is 7. The average molecular weight is 174 g/mol. The summed E-state index contributed by atoms with van der Waals surface area (Å²) in [6.07, 6.45) is 3.20. The van der Waals surface area contributed by atoms with Crippen LogP contribution in [0, 0.1) is 5.92 Å². The molecule has 0 aliphatic heterocycles. The van der Waals surface area contributed by atoms with E-state index in [2.05, 4.69) is 6.92 Å². The van der Waals surface area contributed by atoms with E-state index in [0.717, 1.165) is 19.1 Å². The minimum absolute atomic E-state index is 0.133. The van der Waals surface area contributed by atoms with Crippen molar-refractivity contribution in [1.82, 2.24) is 0 Å². The normalized spacial score (nSPS) is 13.3. The third kappa shape index (κ3) is 5.27. The van der Waals surface area contributed by atoms with Gasteiger partial charge in [-0.15, -0.1) is 0 Å². The number of carbonyl (C=O) groups is 1. The lowest BCUT2D eigenvalue weighted by Gasteiger charge is -2.17. The van der Waals surface area contributed by atoms with Crippen LogP contribution < -0.4 is 0 Å². The Hall–Kier alpha value is -0.410. The molecule has 0 aliphatic rings. The Morgan fingerprint density at radius 3 is 2.33 bits per heavy atom. The molecule has 0 aromatic rings. The van der Waals surface area contributed by atoms with Gasteiger partial charge in [-0.05, 0) is 12.3 Å². The number of ether oxygens (including phenoxy) is 2. The van der Waals surface area contributed by atoms with Crippen LogP contribution in [0.2, 0.25) is 0 Å². The second-order valence-corrected chi connectivity index (χ2v) is 2.99. The fourth-order valence-corrected chi connectivity index (χ4v) is 1.09. The second kappa shape index (κ2) is 7.25. The van der Waals surface area contributed by atoms with Gasteiger partial charge in [0.25, 0.3) is 0 Å². The maximum atomic E-state index is 10.1. The summed E-state index contributed by atoms with van der Waals surface area (Å²) in [4.78, 5) is 10.1. The first-order valence-electron chi connectivity index (χ1n) is 4.23. The molecule has 0 amide bonds. The molecule has 1 atom stereocenters. The zero-order valence-corrected chi connectivity index (χ0v) is 8.08. The third-order valence-corrected chi connectivity index (χ3v) is 1.90. The van der Waals surface area contributed by atoms with Gasteiger partial charge in [-0.25, -0.2) is 0 Å². The van der Waals surface area contributed by atoms with E-state index in [0.29, 0.717) is 12.3 Å². The fourth-order valence-electron chi connectivity index (χ4n) is 1.09. The Balaban J connectivity index is 3.50. The lowest BCUT2D eigenvalue weighted by atomic mass is 10.0. The first kappa shape index (κ1) is 11.6. The molecule has 3 nitrogen and oxygen atoms in total. The number of methoxy groups -OCH3 is 2. The van der Waals surface area contributed by atoms with Gasteiger partial charge < -0.3 is 14.3 Å². The van der Waals surface area contributed by atoms with Crippen molar-refractivity contribution in [2.75, 3.05) is 14.2 Å². The average Bonchev–Trinajstić information content (AvgIpc) is 2.10. The van der Waals surface area contributed by atoms with Crippen molar-refractivity contribution in [2.24, 2.45) is 5.92 Å². The van der Waals surface area contributed by atoms with E-state index in [4.69, 9.17) is 9.47 Å². The molecule has 12 heavy (non-hydrogen) atoms. The zero-order chi connectivity index (χ0) is 9.40. The van der Waals surface area contributed by atoms with Crippen LogP contribution in [-0.2, 0) is 14.3 Å². The lowest BCUT2D eigenvalue weighted by Crippen LogP contribution is -2.16. The molecule has 0 aliphatic carbocycles. The summed E-state index contributed by atoms with van der Waals surface area (Å²) in [5, 5.41) is 0. The standard InChI is InChI=1S/C9H18O3/c1-8(5-4-6-10)7-9(11-2)12-3/h6,8-9H,4-5,7H2,1-3H3/t8-/m0/s1. The van der Waals surface area contributed by atoms with E-state index < -0.39 is 0 Å². The third-order valence-electron chi connectivity index (χ3n) is 1.90. The highest BCUT2D eigenvalue weighted by Crippen LogP contribution is 2.13. The largest absolute Gasteiger partial charge is 0.356 e. The van der Waals surface area contributed by atoms with Crippen molar-refractivity contribution in [2.45, 2.75) is 32.5 Å². The molecule has 0 radical (unpaired) electrons. The predicted octanol–water partition coefficient (Wildman–Crippen LogP) is 1.61. The van der Waals surface area contributed by atoms with Gasteiger partial charge in [0, 0.05) is 27.1 Å². The van der Waals surface area contributed by atoms with Crippen molar-refractivity contribution in [3.05, 3.63) is 0 Å². The first-order valence-corrected chi connectivity index (χ1v) is 4.23. The summed E-state index contributed by atoms with van der Waals surface area (Å²) in [6, 6.07) is 0. The quantitative estimate of drug-likeness (QED) is 0.434. The molecule has 0 rings (SSSR count). The highest BCUT2D eigenvalue weighted by molar-refractivity contribution is 5.49. The van der Waals surface area contributed by atoms with Crippen molar-refractivity contribution >= 4 is 6.29 Å². The Morgan fingerprint density at radius 2 is 1.92 bits per heavy atom. The Kier molecular flexibility index (Phi) is 7.00. The highest BCUT2D eigenvalue weighted by Gasteiger charge is 2.10. The van der Waals surface area contributed by atoms with E-state index in [1.165, 1.54) is 0 Å². The highest BCUT2D eigenvalue weighted by atomic mass is 16.7. The summed E-state index contributed by atoms with van der Waals surface area (Å²) >= 11 is 0. The number of hydrogen-bond acceptors (Lipinski definition) is 3. The van der Waals surface area contributed by atoms with Crippen molar-refractivity contribution in [1.29, 1.82) is 0 Å². The maximum absolute atomic E-state index is 10.1. The molecule has 72 valence electrons. The van der Waals surface area contributed by atoms with Crippen molar-refractivity contribution in [3.8, 4) is 0 Å². The summed E-state index contributed by atoms with van der Waals surface area (Å²) in [7, 11) is 3.25. The Bertz CT molecular complexity index is 110. The number of aldehydes is 1. The van der Waals surface area contributed by atoms with Gasteiger partial charge in [0.15, 0.2) is 6.29 Å². The van der Waals surface area contributed by atoms with Gasteiger partial charge >= 0.3 is 0 Å². The summed E-state index contributed by atoms with van der Waals surface area (Å²) in [5.41, 5.74) is 0. The molecular weight excluding hydrogens is 156 g/mol. The van der Waals surface area contributed by atoms with Gasteiger partial charge in [-0.3, -0.25) is 0 Å². The smallest absolute Gasteiger partial charge is 0.157 e. The van der Waals surface area contributed by atoms with Crippen LogP contribution in [0.25, 0.3) is 0 Å². The monoisotopic (exact) mass is 174 g/mol. The van der Waals surface area contributed by atoms with Crippen LogP contribution in [-0.4, -0.2) is 26.8 Å². The Morgan fingerprint density at radius 1 is 1.33 bits per heavy atom. The van der Waals surface area contributed by atoms with E-state index in [1.54, 1.807) is 14.2 Å². The Labute approximate surface area is 74.0 Å². The van der Waals surface area contributed by atoms with Crippen LogP contribution in [0.4, 0.5) is 0 Å². The number of carbonyl (C=O) groups excluding carboxylic acids is 1. The predicted molar refractivity (Wildman–Crippen MR) is 46.9 cm³/mol. The fraction of sp³-hybridized carbons (Fsp3) is 0.889. The molecule has 0 aromatic carbocycles. The molecule has 0 fully saturated rings. The molecule has 0 unspecified atom stereocenters. The topological polar surface area (TPSA) is 35.5 Å². The molecule has 0 heterocycles. The maximum Gasteiger partial charge on any atom is 0.157 e. The summed E-state index contributed by atoms with van der Waals surface area (Å²) in [5.74, 6) is 0.472. The van der Waals surface area contributed by atoms with Gasteiger partial charge in [0.05, 0.1) is 0 Å². The molecule has 0 spiro atoms. The summed E-state index contributed by atoms with van der Waals surface area (Å²) in [6.45, 7) is 2.09. The minimum Gasteiger partial charge on any atom is -0.356 e. The van der Waals surface area contributed by atoms with E-state index in [-0.39, 0.29) is 6.29 Å². The van der Waals surface area contributed by atoms with E-state index >= 15 is 0 Å². The molecule has 0 saturated carbocycles. The van der Waals surface area contributed by atoms with Crippen LogP contribution in [0.3, 0.4) is 0 Å². The van der Waals surface area contributed by atoms with Gasteiger partial charge in [-0.2, -0.15) is 0 Å². The molecule has 0 bridgehead atoms. The summed E-state index contributed by atoms with van der Waals surface area (Å²) < 4.78 is 10.1. The minimum atomic E-state index is -0.133. The van der Waals surface area contributed by atoms with Crippen molar-refractivity contribution < 1.29 is 14.3 Å². The van der Waals surface area contributed by atoms with Crippen LogP contribution in [0.5, 0.6) is 0 Å². The van der Waals surface area contributed by atoms with Crippen LogP contribution in [0.1, 0.15) is 26.2 Å². The first-order chi connectivity index (χ1) is 5.74. The van der Waals surface area contributed by atoms with Gasteiger partial charge in [-0.1, -0.05) is 6.92 Å². The van der Waals surface area contributed by atoms with Crippen molar-refractivity contribution in [3.63, 3.8) is 0 Å². The molecule has 0 aromatic heterocycles. The van der Waals surface area contributed by atoms with Crippen LogP contribution in [0.15, 0.2) is 0 Å². The lowest BCUT2D eigenvalue weighted by molar-refractivity contribution is -0.115. The zero-order valence-electron chi connectivity index (χ0n) is 8.08. The van der Waals surface area contributed by atoms with E-state index in [1.807, 2.05) is 0 Å². The van der Waals surface area contributed by atoms with E-state index in [9.17, 15) is 4.79 Å². The SMILES string of the molecule is COC(C[C@@H](C)CCC=O)OC. The van der Waals surface area contributed by atoms with Crippen LogP contribution >= 0.6 is 0 Å². The van der Waals surface area contributed by atoms with Gasteiger partial charge in [0.1, 0.15) is 6.29 Å². The molecule has 0 N–H and O–H groups in total. The number of hydrogen-bond donors (Lipinski definition) is 0. The second-order valence-electron chi connectivity index (χ2n) is 2.99. The van der Waals surface area contributed by atoms with Gasteiger partial charge in [0.2, 0.25) is 0 Å². The molecule has 0 saturated heterocycles. The molecular formula is C9H18O3.